The molecule has 0 radical (unpaired) electrons. The first-order valence-corrected chi connectivity index (χ1v) is 6.26. The highest BCUT2D eigenvalue weighted by atomic mass is 14.9. The second kappa shape index (κ2) is 4.72. The quantitative estimate of drug-likeness (QED) is 0.824. The zero-order valence-electron chi connectivity index (χ0n) is 9.84. The number of hydrogen-bond donors (Lipinski definition) is 1. The lowest BCUT2D eigenvalue weighted by atomic mass is 9.84. The summed E-state index contributed by atoms with van der Waals surface area (Å²) in [7, 11) is 0. The van der Waals surface area contributed by atoms with E-state index in [0.29, 0.717) is 11.8 Å². The standard InChI is InChI=1S/C16H17N/c1-3-7-13(8-4-1)15-11-17-12-16(15)14-9-5-2-6-10-14/h1-10,15-17H,11-12H2/t15-,16-/m1/s1. The Hall–Kier alpha value is -1.60. The van der Waals surface area contributed by atoms with Gasteiger partial charge in [-0.05, 0) is 11.1 Å². The SMILES string of the molecule is c1ccc([C@H]2CNC[C@@H]2c2ccccc2)cc1. The van der Waals surface area contributed by atoms with Crippen LogP contribution in [0.15, 0.2) is 60.7 Å². The smallest absolute Gasteiger partial charge is 0.00443 e. The molecule has 1 fully saturated rings. The molecule has 17 heavy (non-hydrogen) atoms. The third-order valence-electron chi connectivity index (χ3n) is 3.67. The molecule has 0 aliphatic carbocycles. The van der Waals surface area contributed by atoms with E-state index in [4.69, 9.17) is 0 Å². The third kappa shape index (κ3) is 2.11. The molecule has 3 rings (SSSR count). The molecule has 1 aliphatic heterocycles. The molecule has 86 valence electrons. The van der Waals surface area contributed by atoms with E-state index in [2.05, 4.69) is 66.0 Å². The van der Waals surface area contributed by atoms with E-state index in [1.54, 1.807) is 0 Å². The fourth-order valence-electron chi connectivity index (χ4n) is 2.78. The molecule has 1 N–H and O–H groups in total. The Morgan fingerprint density at radius 1 is 0.647 bits per heavy atom. The van der Waals surface area contributed by atoms with Crippen LogP contribution in [0.1, 0.15) is 23.0 Å². The molecule has 0 unspecified atom stereocenters. The summed E-state index contributed by atoms with van der Waals surface area (Å²) < 4.78 is 0. The Balaban J connectivity index is 1.91. The number of nitrogens with one attached hydrogen (secondary N) is 1. The Morgan fingerprint density at radius 3 is 1.47 bits per heavy atom. The number of benzene rings is 2. The summed E-state index contributed by atoms with van der Waals surface area (Å²) in [5, 5.41) is 3.52. The van der Waals surface area contributed by atoms with Crippen molar-refractivity contribution in [1.82, 2.24) is 5.32 Å². The van der Waals surface area contributed by atoms with Crippen molar-refractivity contribution in [1.29, 1.82) is 0 Å². The normalized spacial score (nSPS) is 23.8. The van der Waals surface area contributed by atoms with Gasteiger partial charge in [0.2, 0.25) is 0 Å². The molecule has 0 spiro atoms. The first-order valence-electron chi connectivity index (χ1n) is 6.26. The maximum atomic E-state index is 3.52. The largest absolute Gasteiger partial charge is 0.315 e. The van der Waals surface area contributed by atoms with Crippen LogP contribution < -0.4 is 5.32 Å². The second-order valence-corrected chi connectivity index (χ2v) is 4.69. The van der Waals surface area contributed by atoms with Gasteiger partial charge >= 0.3 is 0 Å². The highest BCUT2D eigenvalue weighted by molar-refractivity contribution is 5.31. The molecule has 1 aliphatic rings. The Kier molecular flexibility index (Phi) is 2.93. The van der Waals surface area contributed by atoms with Crippen molar-refractivity contribution in [3.8, 4) is 0 Å². The zero-order chi connectivity index (χ0) is 11.5. The van der Waals surface area contributed by atoms with Crippen LogP contribution in [-0.4, -0.2) is 13.1 Å². The van der Waals surface area contributed by atoms with Gasteiger partial charge < -0.3 is 5.32 Å². The monoisotopic (exact) mass is 223 g/mol. The summed E-state index contributed by atoms with van der Waals surface area (Å²) in [5.41, 5.74) is 2.90. The van der Waals surface area contributed by atoms with E-state index in [-0.39, 0.29) is 0 Å². The molecule has 0 saturated carbocycles. The first kappa shape index (κ1) is 10.5. The van der Waals surface area contributed by atoms with Gasteiger partial charge in [0.05, 0.1) is 0 Å². The van der Waals surface area contributed by atoms with Gasteiger partial charge in [-0.15, -0.1) is 0 Å². The van der Waals surface area contributed by atoms with Crippen molar-refractivity contribution in [2.24, 2.45) is 0 Å². The molecule has 0 aromatic heterocycles. The predicted octanol–water partition coefficient (Wildman–Crippen LogP) is 3.16. The summed E-state index contributed by atoms with van der Waals surface area (Å²) in [6.45, 7) is 2.17. The zero-order valence-corrected chi connectivity index (χ0v) is 9.84. The van der Waals surface area contributed by atoms with Gasteiger partial charge in [-0.25, -0.2) is 0 Å². The van der Waals surface area contributed by atoms with E-state index in [0.717, 1.165) is 13.1 Å². The maximum absolute atomic E-state index is 3.52. The highest BCUT2D eigenvalue weighted by Crippen LogP contribution is 2.35. The minimum absolute atomic E-state index is 0.610. The minimum Gasteiger partial charge on any atom is -0.315 e. The van der Waals surface area contributed by atoms with Gasteiger partial charge in [-0.2, -0.15) is 0 Å². The molecule has 0 amide bonds. The molecular weight excluding hydrogens is 206 g/mol. The molecule has 2 aromatic carbocycles. The van der Waals surface area contributed by atoms with E-state index in [1.165, 1.54) is 11.1 Å². The lowest BCUT2D eigenvalue weighted by molar-refractivity contribution is 0.666. The van der Waals surface area contributed by atoms with E-state index >= 15 is 0 Å². The molecule has 1 saturated heterocycles. The van der Waals surface area contributed by atoms with Crippen LogP contribution in [0.2, 0.25) is 0 Å². The van der Waals surface area contributed by atoms with Crippen molar-refractivity contribution >= 4 is 0 Å². The van der Waals surface area contributed by atoms with E-state index in [1.807, 2.05) is 0 Å². The molecule has 2 atom stereocenters. The first-order chi connectivity index (χ1) is 8.45. The lowest BCUT2D eigenvalue weighted by Gasteiger charge is -2.19. The molecular formula is C16H17N. The summed E-state index contributed by atoms with van der Waals surface area (Å²) in [6.07, 6.45) is 0. The van der Waals surface area contributed by atoms with Gasteiger partial charge in [-0.3, -0.25) is 0 Å². The van der Waals surface area contributed by atoms with Gasteiger partial charge in [0, 0.05) is 24.9 Å². The Morgan fingerprint density at radius 2 is 1.06 bits per heavy atom. The van der Waals surface area contributed by atoms with Crippen molar-refractivity contribution in [3.63, 3.8) is 0 Å². The van der Waals surface area contributed by atoms with Crippen molar-refractivity contribution in [3.05, 3.63) is 71.8 Å². The van der Waals surface area contributed by atoms with Crippen molar-refractivity contribution < 1.29 is 0 Å². The van der Waals surface area contributed by atoms with Gasteiger partial charge in [0.15, 0.2) is 0 Å². The number of hydrogen-bond acceptors (Lipinski definition) is 1. The van der Waals surface area contributed by atoms with Gasteiger partial charge in [-0.1, -0.05) is 60.7 Å². The van der Waals surface area contributed by atoms with Crippen LogP contribution in [-0.2, 0) is 0 Å². The van der Waals surface area contributed by atoms with Crippen molar-refractivity contribution in [2.45, 2.75) is 11.8 Å². The molecule has 1 heterocycles. The van der Waals surface area contributed by atoms with Crippen LogP contribution in [0.4, 0.5) is 0 Å². The fourth-order valence-corrected chi connectivity index (χ4v) is 2.78. The van der Waals surface area contributed by atoms with Crippen LogP contribution in [0.3, 0.4) is 0 Å². The maximum Gasteiger partial charge on any atom is 0.00443 e. The van der Waals surface area contributed by atoms with Crippen LogP contribution in [0.25, 0.3) is 0 Å². The van der Waals surface area contributed by atoms with Crippen LogP contribution >= 0.6 is 0 Å². The summed E-state index contributed by atoms with van der Waals surface area (Å²) >= 11 is 0. The van der Waals surface area contributed by atoms with E-state index < -0.39 is 0 Å². The van der Waals surface area contributed by atoms with Crippen LogP contribution in [0.5, 0.6) is 0 Å². The van der Waals surface area contributed by atoms with Crippen molar-refractivity contribution in [2.75, 3.05) is 13.1 Å². The predicted molar refractivity (Wildman–Crippen MR) is 71.2 cm³/mol. The van der Waals surface area contributed by atoms with Gasteiger partial charge in [0.1, 0.15) is 0 Å². The second-order valence-electron chi connectivity index (χ2n) is 4.69. The average molecular weight is 223 g/mol. The Bertz CT molecular complexity index is 418. The average Bonchev–Trinajstić information content (AvgIpc) is 2.90. The fraction of sp³-hybridized carbons (Fsp3) is 0.250. The summed E-state index contributed by atoms with van der Waals surface area (Å²) in [4.78, 5) is 0. The molecule has 1 heteroatoms. The third-order valence-corrected chi connectivity index (χ3v) is 3.67. The lowest BCUT2D eigenvalue weighted by Crippen LogP contribution is -2.08. The molecule has 2 aromatic rings. The summed E-state index contributed by atoms with van der Waals surface area (Å²) in [5.74, 6) is 1.22. The topological polar surface area (TPSA) is 12.0 Å². The molecule has 0 bridgehead atoms. The highest BCUT2D eigenvalue weighted by Gasteiger charge is 2.29. The number of rotatable bonds is 2. The Labute approximate surface area is 102 Å². The van der Waals surface area contributed by atoms with Gasteiger partial charge in [0.25, 0.3) is 0 Å². The minimum atomic E-state index is 0.610. The summed E-state index contributed by atoms with van der Waals surface area (Å²) in [6, 6.07) is 21.7. The van der Waals surface area contributed by atoms with E-state index in [9.17, 15) is 0 Å². The van der Waals surface area contributed by atoms with Crippen LogP contribution in [0, 0.1) is 0 Å². The molecule has 1 nitrogen and oxygen atoms in total.